The number of carbonyl (C=O) groups is 1. The van der Waals surface area contributed by atoms with Crippen LogP contribution in [-0.2, 0) is 11.3 Å². The Morgan fingerprint density at radius 1 is 1.13 bits per heavy atom. The number of hydrogen-bond donors (Lipinski definition) is 1. The van der Waals surface area contributed by atoms with Crippen molar-refractivity contribution in [3.63, 3.8) is 0 Å². The van der Waals surface area contributed by atoms with Crippen molar-refractivity contribution in [2.24, 2.45) is 0 Å². The van der Waals surface area contributed by atoms with Gasteiger partial charge in [0, 0.05) is 34.2 Å². The quantitative estimate of drug-likeness (QED) is 0.388. The smallest absolute Gasteiger partial charge is 0.267 e. The van der Waals surface area contributed by atoms with E-state index in [4.69, 9.17) is 16.3 Å². The van der Waals surface area contributed by atoms with Crippen LogP contribution < -0.4 is 29.3 Å². The Labute approximate surface area is 203 Å². The van der Waals surface area contributed by atoms with E-state index in [1.807, 2.05) is 36.4 Å². The summed E-state index contributed by atoms with van der Waals surface area (Å²) in [5, 5.41) is 4.43. The van der Waals surface area contributed by atoms with Crippen LogP contribution in [0.2, 0.25) is 5.02 Å². The number of ether oxygens (including phenoxy) is 1. The number of anilines is 1. The fraction of sp³-hybridized carbons (Fsp3) is 0.348. The highest BCUT2D eigenvalue weighted by Crippen LogP contribution is 2.35. The van der Waals surface area contributed by atoms with Gasteiger partial charge in [0.05, 0.1) is 38.4 Å². The summed E-state index contributed by atoms with van der Waals surface area (Å²) in [5.74, 6) is -0.165. The summed E-state index contributed by atoms with van der Waals surface area (Å²) in [4.78, 5) is 13.3. The van der Waals surface area contributed by atoms with Crippen LogP contribution in [0.1, 0.15) is 28.1 Å². The first kappa shape index (κ1) is 23.5. The van der Waals surface area contributed by atoms with Crippen LogP contribution in [0.25, 0.3) is 10.1 Å². The van der Waals surface area contributed by atoms with E-state index in [9.17, 15) is 4.79 Å². The lowest BCUT2D eigenvalue weighted by atomic mass is 10.0. The molecule has 1 amide bonds. The molecule has 0 radical (unpaired) electrons. The average molecular weight is 557 g/mol. The molecule has 0 bridgehead atoms. The van der Waals surface area contributed by atoms with Gasteiger partial charge in [0.15, 0.2) is 0 Å². The zero-order valence-corrected chi connectivity index (χ0v) is 20.9. The van der Waals surface area contributed by atoms with Gasteiger partial charge in [-0.05, 0) is 18.2 Å². The standard InChI is InChI=1S/C23H25ClN2O2S.HI/c1-26(2,18-11-13-28-14-12-18)15-16-7-9-17(10-8-16)25-23(27)22-21(24)19-5-3-4-6-20(19)29-22;/h3-10,18H,11-15H2,1-2H3;1H. The maximum atomic E-state index is 12.7. The van der Waals surface area contributed by atoms with Crippen molar-refractivity contribution in [3.05, 3.63) is 64.0 Å². The van der Waals surface area contributed by atoms with E-state index in [0.29, 0.717) is 15.9 Å². The molecule has 1 fully saturated rings. The van der Waals surface area contributed by atoms with Gasteiger partial charge in [-0.25, -0.2) is 0 Å². The number of nitrogens with one attached hydrogen (secondary N) is 1. The summed E-state index contributed by atoms with van der Waals surface area (Å²) in [6, 6.07) is 16.6. The van der Waals surface area contributed by atoms with Gasteiger partial charge in [-0.15, -0.1) is 11.3 Å². The predicted molar refractivity (Wildman–Crippen MR) is 121 cm³/mol. The van der Waals surface area contributed by atoms with E-state index in [0.717, 1.165) is 52.9 Å². The van der Waals surface area contributed by atoms with E-state index in [2.05, 4.69) is 31.5 Å². The molecule has 0 aliphatic carbocycles. The SMILES string of the molecule is C[N+](C)(Cc1ccc(NC(=O)c2sc3ccccc3c2Cl)cc1)C1CCOCC1.[I-]. The van der Waals surface area contributed by atoms with Crippen molar-refractivity contribution >= 4 is 44.6 Å². The Morgan fingerprint density at radius 2 is 1.80 bits per heavy atom. The van der Waals surface area contributed by atoms with Gasteiger partial charge in [0.25, 0.3) is 5.91 Å². The summed E-state index contributed by atoms with van der Waals surface area (Å²) in [6.45, 7) is 2.68. The molecule has 160 valence electrons. The summed E-state index contributed by atoms with van der Waals surface area (Å²) in [7, 11) is 4.57. The van der Waals surface area contributed by atoms with E-state index in [-0.39, 0.29) is 29.9 Å². The van der Waals surface area contributed by atoms with Crippen molar-refractivity contribution in [3.8, 4) is 0 Å². The highest BCUT2D eigenvalue weighted by Gasteiger charge is 2.30. The molecule has 2 heterocycles. The number of quaternary nitrogens is 1. The molecule has 0 spiro atoms. The molecule has 4 rings (SSSR count). The van der Waals surface area contributed by atoms with Crippen LogP contribution in [-0.4, -0.2) is 43.7 Å². The average Bonchev–Trinajstić information content (AvgIpc) is 3.07. The van der Waals surface area contributed by atoms with Gasteiger partial charge in [-0.2, -0.15) is 0 Å². The highest BCUT2D eigenvalue weighted by atomic mass is 127. The van der Waals surface area contributed by atoms with Gasteiger partial charge in [-0.3, -0.25) is 4.79 Å². The van der Waals surface area contributed by atoms with Crippen LogP contribution in [0.15, 0.2) is 48.5 Å². The largest absolute Gasteiger partial charge is 1.00 e. The second kappa shape index (κ2) is 9.96. The molecule has 1 aliphatic rings. The molecule has 1 saturated heterocycles. The minimum Gasteiger partial charge on any atom is -1.00 e. The third kappa shape index (κ3) is 5.16. The summed E-state index contributed by atoms with van der Waals surface area (Å²) < 4.78 is 7.47. The van der Waals surface area contributed by atoms with E-state index < -0.39 is 0 Å². The number of fused-ring (bicyclic) bond motifs is 1. The molecule has 0 saturated carbocycles. The second-order valence-electron chi connectivity index (χ2n) is 8.17. The fourth-order valence-electron chi connectivity index (χ4n) is 4.03. The Balaban J connectivity index is 0.00000256. The van der Waals surface area contributed by atoms with Crippen LogP contribution in [0.4, 0.5) is 5.69 Å². The van der Waals surface area contributed by atoms with Gasteiger partial charge < -0.3 is 38.5 Å². The fourth-order valence-corrected chi connectivity index (χ4v) is 5.44. The molecule has 30 heavy (non-hydrogen) atoms. The molecular weight excluding hydrogens is 531 g/mol. The highest BCUT2D eigenvalue weighted by molar-refractivity contribution is 7.21. The maximum Gasteiger partial charge on any atom is 0.267 e. The van der Waals surface area contributed by atoms with Crippen molar-refractivity contribution in [2.75, 3.05) is 32.6 Å². The molecule has 1 N–H and O–H groups in total. The first-order valence-electron chi connectivity index (χ1n) is 9.92. The molecule has 1 aromatic heterocycles. The van der Waals surface area contributed by atoms with Crippen molar-refractivity contribution < 1.29 is 38.0 Å². The number of halogens is 2. The van der Waals surface area contributed by atoms with Crippen LogP contribution >= 0.6 is 22.9 Å². The third-order valence-electron chi connectivity index (χ3n) is 5.72. The number of hydrogen-bond acceptors (Lipinski definition) is 3. The summed E-state index contributed by atoms with van der Waals surface area (Å²) in [5.41, 5.74) is 2.04. The lowest BCUT2D eigenvalue weighted by molar-refractivity contribution is -0.929. The number of amides is 1. The molecular formula is C23H26ClIN2O2S. The number of rotatable bonds is 5. The number of carbonyl (C=O) groups excluding carboxylic acids is 1. The monoisotopic (exact) mass is 556 g/mol. The molecule has 4 nitrogen and oxygen atoms in total. The van der Waals surface area contributed by atoms with Crippen LogP contribution in [0, 0.1) is 0 Å². The molecule has 0 atom stereocenters. The number of benzene rings is 2. The zero-order chi connectivity index (χ0) is 20.4. The zero-order valence-electron chi connectivity index (χ0n) is 17.2. The van der Waals surface area contributed by atoms with Crippen LogP contribution in [0.5, 0.6) is 0 Å². The lowest BCUT2D eigenvalue weighted by Gasteiger charge is -2.40. The Hall–Kier alpha value is -1.19. The minimum absolute atomic E-state index is 0. The minimum atomic E-state index is -0.165. The maximum absolute atomic E-state index is 12.7. The van der Waals surface area contributed by atoms with E-state index >= 15 is 0 Å². The number of thiophene rings is 1. The first-order chi connectivity index (χ1) is 13.9. The molecule has 3 aromatic rings. The van der Waals surface area contributed by atoms with Gasteiger partial charge in [-0.1, -0.05) is 41.9 Å². The van der Waals surface area contributed by atoms with Gasteiger partial charge in [0.2, 0.25) is 0 Å². The number of nitrogens with zero attached hydrogens (tertiary/aromatic N) is 1. The van der Waals surface area contributed by atoms with Crippen molar-refractivity contribution in [1.29, 1.82) is 0 Å². The van der Waals surface area contributed by atoms with Gasteiger partial charge >= 0.3 is 0 Å². The second-order valence-corrected chi connectivity index (χ2v) is 9.60. The van der Waals surface area contributed by atoms with Crippen molar-refractivity contribution in [1.82, 2.24) is 0 Å². The van der Waals surface area contributed by atoms with E-state index in [1.165, 1.54) is 16.9 Å². The van der Waals surface area contributed by atoms with Gasteiger partial charge in [0.1, 0.15) is 11.4 Å². The normalized spacial score (nSPS) is 15.0. The molecule has 2 aromatic carbocycles. The predicted octanol–water partition coefficient (Wildman–Crippen LogP) is 2.57. The lowest BCUT2D eigenvalue weighted by Crippen LogP contribution is -3.00. The molecule has 7 heteroatoms. The Morgan fingerprint density at radius 3 is 2.47 bits per heavy atom. The van der Waals surface area contributed by atoms with Crippen molar-refractivity contribution in [2.45, 2.75) is 25.4 Å². The van der Waals surface area contributed by atoms with E-state index in [1.54, 1.807) is 0 Å². The first-order valence-corrected chi connectivity index (χ1v) is 11.1. The molecule has 0 unspecified atom stereocenters. The Kier molecular flexibility index (Phi) is 7.79. The third-order valence-corrected chi connectivity index (χ3v) is 7.40. The topological polar surface area (TPSA) is 38.3 Å². The van der Waals surface area contributed by atoms with Crippen LogP contribution in [0.3, 0.4) is 0 Å². The molecule has 1 aliphatic heterocycles. The Bertz CT molecular complexity index is 1010. The summed E-state index contributed by atoms with van der Waals surface area (Å²) >= 11 is 7.85. The summed E-state index contributed by atoms with van der Waals surface area (Å²) in [6.07, 6.45) is 2.22.